The summed E-state index contributed by atoms with van der Waals surface area (Å²) < 4.78 is 16.7. The molecule has 0 radical (unpaired) electrons. The summed E-state index contributed by atoms with van der Waals surface area (Å²) in [6, 6.07) is 13.9. The Bertz CT molecular complexity index is 1220. The van der Waals surface area contributed by atoms with E-state index in [1.54, 1.807) is 18.4 Å². The van der Waals surface area contributed by atoms with Gasteiger partial charge < -0.3 is 5.32 Å². The van der Waals surface area contributed by atoms with Crippen LogP contribution >= 0.6 is 0 Å². The minimum Gasteiger partial charge on any atom is -0.324 e. The van der Waals surface area contributed by atoms with Gasteiger partial charge in [0.15, 0.2) is 5.65 Å². The monoisotopic (exact) mass is 364 g/mol. The van der Waals surface area contributed by atoms with E-state index in [1.807, 2.05) is 28.9 Å². The first-order valence-corrected chi connectivity index (χ1v) is 8.52. The Kier molecular flexibility index (Phi) is 3.99. The van der Waals surface area contributed by atoms with Crippen molar-refractivity contribution in [3.63, 3.8) is 0 Å². The van der Waals surface area contributed by atoms with Crippen molar-refractivity contribution in [2.75, 3.05) is 5.32 Å². The van der Waals surface area contributed by atoms with Crippen LogP contribution in [0.1, 0.15) is 18.7 Å². The number of nitrogens with zero attached hydrogens (tertiary/aromatic N) is 3. The Balaban J connectivity index is 1.85. The van der Waals surface area contributed by atoms with Gasteiger partial charge in [0, 0.05) is 22.8 Å². The molecule has 0 aliphatic carbocycles. The summed E-state index contributed by atoms with van der Waals surface area (Å²) in [6.07, 6.45) is 0. The third kappa shape index (κ3) is 2.87. The summed E-state index contributed by atoms with van der Waals surface area (Å²) in [5, 5.41) is 3.59. The molecular weight excluding hydrogens is 347 g/mol. The third-order valence-electron chi connectivity index (χ3n) is 4.55. The number of carbonyl (C=O) groups is 1. The smallest absolute Gasteiger partial charge is 0.273 e. The van der Waals surface area contributed by atoms with E-state index in [1.165, 1.54) is 30.3 Å². The summed E-state index contributed by atoms with van der Waals surface area (Å²) in [6.45, 7) is 3.57. The number of hydrogen-bond donors (Lipinski definition) is 1. The van der Waals surface area contributed by atoms with E-state index in [0.29, 0.717) is 17.0 Å². The summed E-state index contributed by atoms with van der Waals surface area (Å²) in [4.78, 5) is 28.9. The molecule has 0 unspecified atom stereocenters. The molecule has 27 heavy (non-hydrogen) atoms. The van der Waals surface area contributed by atoms with Crippen LogP contribution in [-0.4, -0.2) is 20.1 Å². The molecule has 2 aromatic carbocycles. The Morgan fingerprint density at radius 2 is 1.85 bits per heavy atom. The second kappa shape index (κ2) is 6.35. The number of para-hydroxylation sites is 1. The highest BCUT2D eigenvalue weighted by molar-refractivity contribution is 5.97. The van der Waals surface area contributed by atoms with Crippen LogP contribution in [0.25, 0.3) is 16.6 Å². The zero-order valence-corrected chi connectivity index (χ0v) is 14.8. The highest BCUT2D eigenvalue weighted by atomic mass is 19.1. The molecule has 4 aromatic rings. The fraction of sp³-hybridized carbons (Fsp3) is 0.150. The van der Waals surface area contributed by atoms with E-state index in [0.717, 1.165) is 10.9 Å². The van der Waals surface area contributed by atoms with E-state index in [-0.39, 0.29) is 17.3 Å². The van der Waals surface area contributed by atoms with Crippen molar-refractivity contribution in [3.8, 4) is 0 Å². The van der Waals surface area contributed by atoms with E-state index < -0.39 is 6.04 Å². The lowest BCUT2D eigenvalue weighted by Crippen LogP contribution is -2.27. The van der Waals surface area contributed by atoms with Crippen molar-refractivity contribution >= 4 is 28.1 Å². The number of aromatic nitrogens is 3. The average Bonchev–Trinajstić information content (AvgIpc) is 2.98. The van der Waals surface area contributed by atoms with E-state index >= 15 is 0 Å². The lowest BCUT2D eigenvalue weighted by atomic mass is 10.2. The Morgan fingerprint density at radius 1 is 1.15 bits per heavy atom. The molecule has 4 rings (SSSR count). The van der Waals surface area contributed by atoms with Crippen molar-refractivity contribution in [2.45, 2.75) is 19.9 Å². The lowest BCUT2D eigenvalue weighted by molar-refractivity contribution is -0.119. The Hall–Kier alpha value is -3.48. The molecule has 1 amide bonds. The van der Waals surface area contributed by atoms with Gasteiger partial charge >= 0.3 is 0 Å². The number of rotatable bonds is 3. The van der Waals surface area contributed by atoms with Gasteiger partial charge in [0.05, 0.1) is 5.52 Å². The van der Waals surface area contributed by atoms with Gasteiger partial charge in [-0.3, -0.25) is 14.3 Å². The number of halogens is 1. The highest BCUT2D eigenvalue weighted by Gasteiger charge is 2.22. The number of anilines is 1. The topological polar surface area (TPSA) is 68.4 Å². The fourth-order valence-electron chi connectivity index (χ4n) is 3.28. The molecule has 0 spiro atoms. The van der Waals surface area contributed by atoms with Crippen LogP contribution < -0.4 is 10.9 Å². The lowest BCUT2D eigenvalue weighted by Gasteiger charge is -2.18. The van der Waals surface area contributed by atoms with Gasteiger partial charge in [0.2, 0.25) is 5.91 Å². The van der Waals surface area contributed by atoms with Crippen molar-refractivity contribution in [3.05, 3.63) is 76.5 Å². The van der Waals surface area contributed by atoms with Gasteiger partial charge in [-0.25, -0.2) is 8.91 Å². The van der Waals surface area contributed by atoms with Crippen LogP contribution in [0.2, 0.25) is 0 Å². The molecule has 6 nitrogen and oxygen atoms in total. The van der Waals surface area contributed by atoms with Gasteiger partial charge in [-0.2, -0.15) is 4.98 Å². The van der Waals surface area contributed by atoms with Gasteiger partial charge in [-0.15, -0.1) is 0 Å². The predicted molar refractivity (Wildman–Crippen MR) is 101 cm³/mol. The van der Waals surface area contributed by atoms with Crippen LogP contribution in [-0.2, 0) is 4.79 Å². The average molecular weight is 364 g/mol. The molecule has 1 N–H and O–H groups in total. The highest BCUT2D eigenvalue weighted by Crippen LogP contribution is 2.25. The first-order chi connectivity index (χ1) is 13.0. The molecule has 0 saturated heterocycles. The molecule has 0 aliphatic heterocycles. The molecule has 1 atom stereocenters. The van der Waals surface area contributed by atoms with Gasteiger partial charge in [0.25, 0.3) is 5.56 Å². The fourth-order valence-corrected chi connectivity index (χ4v) is 3.28. The van der Waals surface area contributed by atoms with Crippen LogP contribution in [0.15, 0.2) is 59.4 Å². The largest absolute Gasteiger partial charge is 0.324 e. The van der Waals surface area contributed by atoms with Gasteiger partial charge in [0.1, 0.15) is 11.9 Å². The molecule has 0 fully saturated rings. The number of benzene rings is 2. The molecule has 0 saturated carbocycles. The van der Waals surface area contributed by atoms with E-state index in [4.69, 9.17) is 0 Å². The van der Waals surface area contributed by atoms with Crippen LogP contribution in [0.5, 0.6) is 0 Å². The van der Waals surface area contributed by atoms with Crippen molar-refractivity contribution in [1.82, 2.24) is 14.2 Å². The zero-order chi connectivity index (χ0) is 19.1. The molecule has 0 aliphatic rings. The number of hydrogen-bond acceptors (Lipinski definition) is 3. The summed E-state index contributed by atoms with van der Waals surface area (Å²) in [5.74, 6) is -0.628. The quantitative estimate of drug-likeness (QED) is 0.606. The minimum atomic E-state index is -0.597. The van der Waals surface area contributed by atoms with Crippen LogP contribution in [0.3, 0.4) is 0 Å². The first kappa shape index (κ1) is 17.0. The molecule has 2 aromatic heterocycles. The zero-order valence-electron chi connectivity index (χ0n) is 14.8. The molecule has 7 heteroatoms. The maximum atomic E-state index is 13.1. The number of fused-ring (bicyclic) bond motifs is 3. The van der Waals surface area contributed by atoms with E-state index in [9.17, 15) is 14.0 Å². The van der Waals surface area contributed by atoms with Crippen LogP contribution in [0, 0.1) is 12.7 Å². The maximum Gasteiger partial charge on any atom is 0.273 e. The second-order valence-corrected chi connectivity index (χ2v) is 6.41. The number of carbonyl (C=O) groups excluding carboxylic acids is 1. The Morgan fingerprint density at radius 3 is 2.59 bits per heavy atom. The van der Waals surface area contributed by atoms with Gasteiger partial charge in [-0.1, -0.05) is 12.1 Å². The molecular formula is C20H17FN4O2. The van der Waals surface area contributed by atoms with Crippen LogP contribution in [0.4, 0.5) is 10.1 Å². The number of amides is 1. The van der Waals surface area contributed by atoms with Crippen molar-refractivity contribution in [1.29, 1.82) is 0 Å². The summed E-state index contributed by atoms with van der Waals surface area (Å²) in [7, 11) is 0. The SMILES string of the molecule is Cc1cc(=O)nc2c3ccccc3n([C@@H](C)C(=O)Nc3ccc(F)cc3)n12. The first-order valence-electron chi connectivity index (χ1n) is 8.52. The molecule has 136 valence electrons. The number of nitrogens with one attached hydrogen (secondary N) is 1. The number of aryl methyl sites for hydroxylation is 1. The van der Waals surface area contributed by atoms with E-state index in [2.05, 4.69) is 10.3 Å². The predicted octanol–water partition coefficient (Wildman–Crippen LogP) is 3.30. The third-order valence-corrected chi connectivity index (χ3v) is 4.55. The summed E-state index contributed by atoms with van der Waals surface area (Å²) >= 11 is 0. The second-order valence-electron chi connectivity index (χ2n) is 6.41. The van der Waals surface area contributed by atoms with Crippen molar-refractivity contribution < 1.29 is 9.18 Å². The molecule has 2 heterocycles. The van der Waals surface area contributed by atoms with Gasteiger partial charge in [-0.05, 0) is 50.2 Å². The van der Waals surface area contributed by atoms with Crippen molar-refractivity contribution in [2.24, 2.45) is 0 Å². The summed E-state index contributed by atoms with van der Waals surface area (Å²) in [5.41, 5.74) is 2.18. The molecule has 0 bridgehead atoms. The minimum absolute atomic E-state index is 0.262. The Labute approximate surface area is 153 Å². The maximum absolute atomic E-state index is 13.1. The normalized spacial score (nSPS) is 12.4. The standard InChI is InChI=1S/C20H17FN4O2/c1-12-11-18(26)23-19-16-5-3-4-6-17(16)25(24(12)19)13(2)20(27)22-15-9-7-14(21)8-10-15/h3-11,13H,1-2H3,(H,22,27)/t13-/m0/s1.